The summed E-state index contributed by atoms with van der Waals surface area (Å²) in [6.45, 7) is 2.19. The summed E-state index contributed by atoms with van der Waals surface area (Å²) in [5, 5.41) is 4.55. The zero-order chi connectivity index (χ0) is 9.97. The molecule has 0 saturated carbocycles. The normalized spacial score (nSPS) is 13.3. The summed E-state index contributed by atoms with van der Waals surface area (Å²) < 4.78 is 4.42. The number of hydrogen-bond donors (Lipinski definition) is 1. The second kappa shape index (κ2) is 4.07. The Morgan fingerprint density at radius 3 is 3.00 bits per heavy atom. The van der Waals surface area contributed by atoms with E-state index in [1.54, 1.807) is 11.5 Å². The first kappa shape index (κ1) is 9.62. The summed E-state index contributed by atoms with van der Waals surface area (Å²) in [5.41, 5.74) is 1.12. The van der Waals surface area contributed by atoms with Crippen molar-refractivity contribution >= 4 is 22.4 Å². The van der Waals surface area contributed by atoms with Gasteiger partial charge in [0.1, 0.15) is 0 Å². The van der Waals surface area contributed by atoms with Crippen molar-refractivity contribution in [3.05, 3.63) is 29.1 Å². The summed E-state index contributed by atoms with van der Waals surface area (Å²) in [7, 11) is 1.99. The number of hydrogen-bond acceptors (Lipinski definition) is 3. The molecule has 0 bridgehead atoms. The molecule has 0 amide bonds. The van der Waals surface area contributed by atoms with Crippen molar-refractivity contribution in [1.29, 1.82) is 0 Å². The molecule has 1 aromatic heterocycles. The van der Waals surface area contributed by atoms with Gasteiger partial charge in [0.25, 0.3) is 0 Å². The zero-order valence-electron chi connectivity index (χ0n) is 8.45. The van der Waals surface area contributed by atoms with E-state index in [-0.39, 0.29) is 0 Å². The van der Waals surface area contributed by atoms with Crippen LogP contribution in [0.15, 0.2) is 24.3 Å². The Morgan fingerprint density at radius 1 is 1.43 bits per heavy atom. The fourth-order valence-electron chi connectivity index (χ4n) is 1.47. The Kier molecular flexibility index (Phi) is 2.79. The third-order valence-corrected chi connectivity index (χ3v) is 3.34. The average molecular weight is 206 g/mol. The molecule has 0 aliphatic rings. The summed E-state index contributed by atoms with van der Waals surface area (Å²) in [6, 6.07) is 8.84. The van der Waals surface area contributed by atoms with Crippen LogP contribution in [0.4, 0.5) is 0 Å². The van der Waals surface area contributed by atoms with E-state index >= 15 is 0 Å². The van der Waals surface area contributed by atoms with Gasteiger partial charge in [0, 0.05) is 16.3 Å². The molecular formula is C11H14N2S. The van der Waals surface area contributed by atoms with Crippen LogP contribution in [-0.2, 0) is 6.42 Å². The lowest BCUT2D eigenvalue weighted by atomic mass is 10.1. The molecule has 2 nitrogen and oxygen atoms in total. The second-order valence-electron chi connectivity index (χ2n) is 3.52. The van der Waals surface area contributed by atoms with E-state index in [9.17, 15) is 0 Å². The molecule has 0 fully saturated rings. The zero-order valence-corrected chi connectivity index (χ0v) is 9.27. The monoisotopic (exact) mass is 206 g/mol. The molecule has 0 aliphatic heterocycles. The van der Waals surface area contributed by atoms with Crippen molar-refractivity contribution in [3.8, 4) is 0 Å². The van der Waals surface area contributed by atoms with Gasteiger partial charge < -0.3 is 5.32 Å². The fraction of sp³-hybridized carbons (Fsp3) is 0.364. The van der Waals surface area contributed by atoms with Crippen molar-refractivity contribution < 1.29 is 0 Å². The highest BCUT2D eigenvalue weighted by molar-refractivity contribution is 7.07. The van der Waals surface area contributed by atoms with Gasteiger partial charge in [0.05, 0.1) is 5.52 Å². The van der Waals surface area contributed by atoms with E-state index in [0.29, 0.717) is 6.04 Å². The van der Waals surface area contributed by atoms with E-state index in [4.69, 9.17) is 0 Å². The number of aromatic nitrogens is 1. The molecule has 1 heterocycles. The first-order valence-corrected chi connectivity index (χ1v) is 5.59. The molecule has 2 rings (SSSR count). The van der Waals surface area contributed by atoms with Crippen LogP contribution in [0.3, 0.4) is 0 Å². The van der Waals surface area contributed by atoms with Crippen molar-refractivity contribution in [2.24, 2.45) is 0 Å². The molecule has 0 aliphatic carbocycles. The third-order valence-electron chi connectivity index (χ3n) is 2.44. The maximum Gasteiger partial charge on any atom is 0.0843 e. The predicted molar refractivity (Wildman–Crippen MR) is 61.8 cm³/mol. The number of nitrogens with one attached hydrogen (secondary N) is 1. The Balaban J connectivity index is 2.33. The molecule has 2 aromatic rings. The molecule has 1 unspecified atom stereocenters. The maximum absolute atomic E-state index is 4.42. The summed E-state index contributed by atoms with van der Waals surface area (Å²) in [6.07, 6.45) is 1.06. The topological polar surface area (TPSA) is 24.9 Å². The van der Waals surface area contributed by atoms with E-state index in [1.807, 2.05) is 13.1 Å². The van der Waals surface area contributed by atoms with Gasteiger partial charge in [0.2, 0.25) is 0 Å². The molecule has 1 N–H and O–H groups in total. The molecule has 0 spiro atoms. The number of rotatable bonds is 3. The summed E-state index contributed by atoms with van der Waals surface area (Å²) in [5.74, 6) is 0. The molecular weight excluding hydrogens is 192 g/mol. The van der Waals surface area contributed by atoms with Crippen LogP contribution >= 0.6 is 11.5 Å². The molecule has 74 valence electrons. The van der Waals surface area contributed by atoms with Gasteiger partial charge in [-0.2, -0.15) is 4.37 Å². The molecule has 1 atom stereocenters. The Morgan fingerprint density at radius 2 is 2.21 bits per heavy atom. The number of fused-ring (bicyclic) bond motifs is 1. The number of benzene rings is 1. The van der Waals surface area contributed by atoms with Gasteiger partial charge in [-0.05, 0) is 38.0 Å². The summed E-state index contributed by atoms with van der Waals surface area (Å²) >= 11 is 1.62. The SMILES string of the molecule is CNC(C)Cc1snc2ccccc12. The Labute approximate surface area is 88.1 Å². The van der Waals surface area contributed by atoms with Crippen LogP contribution in [0.5, 0.6) is 0 Å². The lowest BCUT2D eigenvalue weighted by Gasteiger charge is -2.07. The van der Waals surface area contributed by atoms with Crippen molar-refractivity contribution in [2.75, 3.05) is 7.05 Å². The van der Waals surface area contributed by atoms with E-state index in [2.05, 4.69) is 34.8 Å². The van der Waals surface area contributed by atoms with E-state index < -0.39 is 0 Å². The minimum absolute atomic E-state index is 0.513. The lowest BCUT2D eigenvalue weighted by molar-refractivity contribution is 0.614. The highest BCUT2D eigenvalue weighted by Gasteiger charge is 2.07. The van der Waals surface area contributed by atoms with Crippen molar-refractivity contribution in [1.82, 2.24) is 9.69 Å². The average Bonchev–Trinajstić information content (AvgIpc) is 2.62. The van der Waals surface area contributed by atoms with Gasteiger partial charge in [-0.15, -0.1) is 0 Å². The molecule has 14 heavy (non-hydrogen) atoms. The van der Waals surface area contributed by atoms with Crippen molar-refractivity contribution in [2.45, 2.75) is 19.4 Å². The third kappa shape index (κ3) is 1.79. The van der Waals surface area contributed by atoms with Crippen molar-refractivity contribution in [3.63, 3.8) is 0 Å². The van der Waals surface area contributed by atoms with Gasteiger partial charge in [-0.3, -0.25) is 0 Å². The van der Waals surface area contributed by atoms with Crippen LogP contribution in [0, 0.1) is 0 Å². The van der Waals surface area contributed by atoms with Gasteiger partial charge in [-0.1, -0.05) is 18.2 Å². The highest BCUT2D eigenvalue weighted by atomic mass is 32.1. The smallest absolute Gasteiger partial charge is 0.0843 e. The van der Waals surface area contributed by atoms with Crippen LogP contribution in [-0.4, -0.2) is 17.5 Å². The van der Waals surface area contributed by atoms with Gasteiger partial charge >= 0.3 is 0 Å². The molecule has 3 heteroatoms. The summed E-state index contributed by atoms with van der Waals surface area (Å²) in [4.78, 5) is 1.38. The first-order valence-electron chi connectivity index (χ1n) is 4.82. The fourth-order valence-corrected chi connectivity index (χ4v) is 2.43. The number of nitrogens with zero attached hydrogens (tertiary/aromatic N) is 1. The molecule has 1 aromatic carbocycles. The first-order chi connectivity index (χ1) is 6.81. The Hall–Kier alpha value is -0.930. The van der Waals surface area contributed by atoms with Gasteiger partial charge in [-0.25, -0.2) is 0 Å². The maximum atomic E-state index is 4.42. The molecule has 0 radical (unpaired) electrons. The van der Waals surface area contributed by atoms with Crippen LogP contribution in [0.25, 0.3) is 10.9 Å². The quantitative estimate of drug-likeness (QED) is 0.834. The van der Waals surface area contributed by atoms with Gasteiger partial charge in [0.15, 0.2) is 0 Å². The predicted octanol–water partition coefficient (Wildman–Crippen LogP) is 2.45. The standard InChI is InChI=1S/C11H14N2S/c1-8(12-2)7-11-9-5-3-4-6-10(9)13-14-11/h3-6,8,12H,7H2,1-2H3. The number of likely N-dealkylation sites (N-methyl/N-ethyl adjacent to an activating group) is 1. The largest absolute Gasteiger partial charge is 0.317 e. The second-order valence-corrected chi connectivity index (χ2v) is 4.37. The van der Waals surface area contributed by atoms with Crippen LogP contribution < -0.4 is 5.32 Å². The Bertz CT molecular complexity index is 422. The lowest BCUT2D eigenvalue weighted by Crippen LogP contribution is -2.23. The highest BCUT2D eigenvalue weighted by Crippen LogP contribution is 2.22. The van der Waals surface area contributed by atoms with Crippen LogP contribution in [0.1, 0.15) is 11.8 Å². The van der Waals surface area contributed by atoms with E-state index in [0.717, 1.165) is 11.9 Å². The minimum Gasteiger partial charge on any atom is -0.317 e. The molecule has 0 saturated heterocycles. The van der Waals surface area contributed by atoms with E-state index in [1.165, 1.54) is 10.3 Å². The van der Waals surface area contributed by atoms with Crippen LogP contribution in [0.2, 0.25) is 0 Å². The minimum atomic E-state index is 0.513.